The molecule has 0 spiro atoms. The van der Waals surface area contributed by atoms with E-state index in [1.807, 2.05) is 13.0 Å². The van der Waals surface area contributed by atoms with Crippen molar-refractivity contribution in [1.29, 1.82) is 0 Å². The quantitative estimate of drug-likeness (QED) is 0.920. The SMILES string of the molecule is Cc1ccc(COc2cccc(Cl)c2)c(C(=O)O)c1. The Balaban J connectivity index is 2.17. The molecule has 2 aromatic rings. The van der Waals surface area contributed by atoms with Crippen LogP contribution in [-0.4, -0.2) is 11.1 Å². The van der Waals surface area contributed by atoms with Crippen LogP contribution in [0.5, 0.6) is 5.75 Å². The van der Waals surface area contributed by atoms with Gasteiger partial charge in [0.15, 0.2) is 0 Å². The van der Waals surface area contributed by atoms with E-state index in [2.05, 4.69) is 0 Å². The van der Waals surface area contributed by atoms with Gasteiger partial charge in [-0.25, -0.2) is 4.79 Å². The first-order chi connectivity index (χ1) is 9.06. The molecule has 0 saturated carbocycles. The van der Waals surface area contributed by atoms with Crippen molar-refractivity contribution in [1.82, 2.24) is 0 Å². The van der Waals surface area contributed by atoms with Crippen molar-refractivity contribution >= 4 is 17.6 Å². The van der Waals surface area contributed by atoms with Gasteiger partial charge in [-0.15, -0.1) is 0 Å². The lowest BCUT2D eigenvalue weighted by Crippen LogP contribution is -2.06. The zero-order chi connectivity index (χ0) is 13.8. The lowest BCUT2D eigenvalue weighted by atomic mass is 10.1. The summed E-state index contributed by atoms with van der Waals surface area (Å²) in [6, 6.07) is 12.3. The van der Waals surface area contributed by atoms with Gasteiger partial charge in [-0.3, -0.25) is 0 Å². The van der Waals surface area contributed by atoms with E-state index in [9.17, 15) is 4.79 Å². The van der Waals surface area contributed by atoms with Crippen molar-refractivity contribution in [2.75, 3.05) is 0 Å². The minimum absolute atomic E-state index is 0.197. The van der Waals surface area contributed by atoms with Gasteiger partial charge in [0.2, 0.25) is 0 Å². The van der Waals surface area contributed by atoms with Gasteiger partial charge in [0, 0.05) is 10.6 Å². The van der Waals surface area contributed by atoms with Gasteiger partial charge < -0.3 is 9.84 Å². The van der Waals surface area contributed by atoms with Gasteiger partial charge in [0.05, 0.1) is 5.56 Å². The lowest BCUT2D eigenvalue weighted by molar-refractivity contribution is 0.0694. The molecule has 98 valence electrons. The second-order valence-corrected chi connectivity index (χ2v) is 4.65. The Morgan fingerprint density at radius 2 is 2.05 bits per heavy atom. The van der Waals surface area contributed by atoms with Crippen molar-refractivity contribution in [3.63, 3.8) is 0 Å². The van der Waals surface area contributed by atoms with Crippen LogP contribution >= 0.6 is 11.6 Å². The molecule has 0 unspecified atom stereocenters. The smallest absolute Gasteiger partial charge is 0.336 e. The molecule has 0 bridgehead atoms. The summed E-state index contributed by atoms with van der Waals surface area (Å²) < 4.78 is 5.56. The highest BCUT2D eigenvalue weighted by Gasteiger charge is 2.10. The van der Waals surface area contributed by atoms with Crippen LogP contribution < -0.4 is 4.74 Å². The van der Waals surface area contributed by atoms with E-state index in [1.54, 1.807) is 36.4 Å². The Bertz CT molecular complexity index is 608. The highest BCUT2D eigenvalue weighted by molar-refractivity contribution is 6.30. The van der Waals surface area contributed by atoms with Crippen molar-refractivity contribution in [2.45, 2.75) is 13.5 Å². The molecular formula is C15H13ClO3. The van der Waals surface area contributed by atoms with E-state index in [0.717, 1.165) is 5.56 Å². The minimum Gasteiger partial charge on any atom is -0.489 e. The Labute approximate surface area is 116 Å². The molecule has 0 fully saturated rings. The lowest BCUT2D eigenvalue weighted by Gasteiger charge is -2.09. The molecule has 1 N–H and O–H groups in total. The first-order valence-electron chi connectivity index (χ1n) is 5.77. The number of aryl methyl sites for hydroxylation is 1. The maximum Gasteiger partial charge on any atom is 0.336 e. The van der Waals surface area contributed by atoms with Gasteiger partial charge in [-0.05, 0) is 31.2 Å². The van der Waals surface area contributed by atoms with Crippen molar-refractivity contribution in [3.8, 4) is 5.75 Å². The average Bonchev–Trinajstić information content (AvgIpc) is 2.37. The molecule has 0 aromatic heterocycles. The summed E-state index contributed by atoms with van der Waals surface area (Å²) in [6.45, 7) is 2.05. The summed E-state index contributed by atoms with van der Waals surface area (Å²) in [6.07, 6.45) is 0. The first kappa shape index (κ1) is 13.4. The zero-order valence-electron chi connectivity index (χ0n) is 10.4. The van der Waals surface area contributed by atoms with E-state index in [4.69, 9.17) is 21.4 Å². The number of carboxylic acids is 1. The molecule has 0 aliphatic carbocycles. The largest absolute Gasteiger partial charge is 0.489 e. The Hall–Kier alpha value is -2.00. The van der Waals surface area contributed by atoms with Gasteiger partial charge in [0.25, 0.3) is 0 Å². The molecule has 0 atom stereocenters. The molecule has 3 nitrogen and oxygen atoms in total. The number of carboxylic acid groups (broad SMARTS) is 1. The molecule has 0 heterocycles. The number of ether oxygens (including phenoxy) is 1. The second kappa shape index (κ2) is 5.76. The van der Waals surface area contributed by atoms with E-state index in [1.165, 1.54) is 0 Å². The third kappa shape index (κ3) is 3.48. The monoisotopic (exact) mass is 276 g/mol. The van der Waals surface area contributed by atoms with Gasteiger partial charge in [-0.2, -0.15) is 0 Å². The number of rotatable bonds is 4. The van der Waals surface area contributed by atoms with Crippen LogP contribution in [0, 0.1) is 6.92 Å². The second-order valence-electron chi connectivity index (χ2n) is 4.21. The van der Waals surface area contributed by atoms with Crippen molar-refractivity contribution in [2.24, 2.45) is 0 Å². The number of benzene rings is 2. The third-order valence-electron chi connectivity index (χ3n) is 2.69. The van der Waals surface area contributed by atoms with E-state index in [0.29, 0.717) is 16.3 Å². The van der Waals surface area contributed by atoms with Crippen LogP contribution in [0.15, 0.2) is 42.5 Å². The van der Waals surface area contributed by atoms with Crippen molar-refractivity contribution < 1.29 is 14.6 Å². The first-order valence-corrected chi connectivity index (χ1v) is 6.15. The van der Waals surface area contributed by atoms with Crippen LogP contribution in [0.4, 0.5) is 0 Å². The van der Waals surface area contributed by atoms with E-state index >= 15 is 0 Å². The number of aromatic carboxylic acids is 1. The molecule has 0 radical (unpaired) electrons. The molecule has 4 heteroatoms. The van der Waals surface area contributed by atoms with Crippen LogP contribution in [0.1, 0.15) is 21.5 Å². The fraction of sp³-hybridized carbons (Fsp3) is 0.133. The van der Waals surface area contributed by atoms with Crippen LogP contribution in [-0.2, 0) is 6.61 Å². The molecule has 2 rings (SSSR count). The summed E-state index contributed by atoms with van der Waals surface area (Å²) in [7, 11) is 0. The zero-order valence-corrected chi connectivity index (χ0v) is 11.1. The van der Waals surface area contributed by atoms with E-state index < -0.39 is 5.97 Å². The normalized spacial score (nSPS) is 10.2. The maximum absolute atomic E-state index is 11.2. The fourth-order valence-corrected chi connectivity index (χ4v) is 1.91. The number of hydrogen-bond acceptors (Lipinski definition) is 2. The van der Waals surface area contributed by atoms with Gasteiger partial charge in [-0.1, -0.05) is 35.4 Å². The summed E-state index contributed by atoms with van der Waals surface area (Å²) in [5.74, 6) is -0.335. The summed E-state index contributed by atoms with van der Waals surface area (Å²) in [5.41, 5.74) is 1.81. The molecule has 0 aliphatic rings. The Kier molecular flexibility index (Phi) is 4.07. The number of hydrogen-bond donors (Lipinski definition) is 1. The van der Waals surface area contributed by atoms with Gasteiger partial charge >= 0.3 is 5.97 Å². The summed E-state index contributed by atoms with van der Waals surface area (Å²) >= 11 is 5.85. The van der Waals surface area contributed by atoms with Crippen LogP contribution in [0.3, 0.4) is 0 Å². The molecule has 0 aliphatic heterocycles. The van der Waals surface area contributed by atoms with Crippen LogP contribution in [0.25, 0.3) is 0 Å². The molecule has 0 saturated heterocycles. The molecule has 19 heavy (non-hydrogen) atoms. The molecular weight excluding hydrogens is 264 g/mol. The Morgan fingerprint density at radius 3 is 2.74 bits per heavy atom. The highest BCUT2D eigenvalue weighted by Crippen LogP contribution is 2.20. The summed E-state index contributed by atoms with van der Waals surface area (Å²) in [5, 5.41) is 9.74. The predicted octanol–water partition coefficient (Wildman–Crippen LogP) is 3.93. The molecule has 0 amide bonds. The number of carbonyl (C=O) groups is 1. The number of halogens is 1. The standard InChI is InChI=1S/C15H13ClO3/c1-10-5-6-11(14(7-10)15(17)18)9-19-13-4-2-3-12(16)8-13/h2-8H,9H2,1H3,(H,17,18). The van der Waals surface area contributed by atoms with Crippen LogP contribution in [0.2, 0.25) is 5.02 Å². The maximum atomic E-state index is 11.2. The van der Waals surface area contributed by atoms with Gasteiger partial charge in [0.1, 0.15) is 12.4 Å². The highest BCUT2D eigenvalue weighted by atomic mass is 35.5. The topological polar surface area (TPSA) is 46.5 Å². The molecule has 2 aromatic carbocycles. The average molecular weight is 277 g/mol. The van der Waals surface area contributed by atoms with E-state index in [-0.39, 0.29) is 12.2 Å². The Morgan fingerprint density at radius 1 is 1.26 bits per heavy atom. The third-order valence-corrected chi connectivity index (χ3v) is 2.92. The predicted molar refractivity (Wildman–Crippen MR) is 73.9 cm³/mol. The van der Waals surface area contributed by atoms with Crippen molar-refractivity contribution in [3.05, 3.63) is 64.2 Å². The fourth-order valence-electron chi connectivity index (χ4n) is 1.73. The minimum atomic E-state index is -0.951. The summed E-state index contributed by atoms with van der Waals surface area (Å²) in [4.78, 5) is 11.2.